The van der Waals surface area contributed by atoms with Gasteiger partial charge in [0.15, 0.2) is 0 Å². The van der Waals surface area contributed by atoms with E-state index in [-0.39, 0.29) is 11.8 Å². The molecule has 1 fully saturated rings. The molecule has 0 radical (unpaired) electrons. The second-order valence-electron chi connectivity index (χ2n) is 8.02. The molecule has 27 heavy (non-hydrogen) atoms. The maximum Gasteiger partial charge on any atom is 0.227 e. The lowest BCUT2D eigenvalue weighted by molar-refractivity contribution is -0.119. The van der Waals surface area contributed by atoms with Crippen molar-refractivity contribution in [2.75, 3.05) is 5.32 Å². The van der Waals surface area contributed by atoms with Crippen LogP contribution in [0.1, 0.15) is 74.0 Å². The highest BCUT2D eigenvalue weighted by atomic mass is 35.5. The standard InChI is InChI=1S/C23H25Cl2NO/c1-14-6-9-18(16-7-11-21(24)22(25)12-16)19-10-8-17(13-20(14)19)26-23(27)15-4-2-3-5-15/h7-8,10-15,18H,2-6,9H2,1H3,(H,26,27). The lowest BCUT2D eigenvalue weighted by Crippen LogP contribution is -2.21. The number of hydrogen-bond donors (Lipinski definition) is 1. The first-order valence-corrected chi connectivity index (χ1v) is 10.7. The Hall–Kier alpha value is -1.51. The van der Waals surface area contributed by atoms with Crippen LogP contribution in [0.5, 0.6) is 0 Å². The first kappa shape index (κ1) is 18.8. The number of hydrogen-bond acceptors (Lipinski definition) is 1. The van der Waals surface area contributed by atoms with Gasteiger partial charge in [0.2, 0.25) is 5.91 Å². The van der Waals surface area contributed by atoms with E-state index >= 15 is 0 Å². The molecule has 4 rings (SSSR count). The molecule has 2 atom stereocenters. The summed E-state index contributed by atoms with van der Waals surface area (Å²) < 4.78 is 0. The second-order valence-corrected chi connectivity index (χ2v) is 8.83. The Labute approximate surface area is 171 Å². The first-order valence-electron chi connectivity index (χ1n) is 9.92. The smallest absolute Gasteiger partial charge is 0.227 e. The van der Waals surface area contributed by atoms with Gasteiger partial charge in [-0.2, -0.15) is 0 Å². The molecule has 0 heterocycles. The highest BCUT2D eigenvalue weighted by molar-refractivity contribution is 6.42. The van der Waals surface area contributed by atoms with Crippen molar-refractivity contribution >= 4 is 34.8 Å². The molecule has 2 unspecified atom stereocenters. The molecule has 2 nitrogen and oxygen atoms in total. The lowest BCUT2D eigenvalue weighted by Gasteiger charge is -2.31. The summed E-state index contributed by atoms with van der Waals surface area (Å²) in [5, 5.41) is 4.35. The van der Waals surface area contributed by atoms with Crippen LogP contribution in [0.2, 0.25) is 10.0 Å². The zero-order chi connectivity index (χ0) is 19.0. The molecule has 2 aromatic carbocycles. The van der Waals surface area contributed by atoms with E-state index in [1.165, 1.54) is 29.5 Å². The van der Waals surface area contributed by atoms with E-state index in [9.17, 15) is 4.79 Å². The van der Waals surface area contributed by atoms with Gasteiger partial charge in [-0.25, -0.2) is 0 Å². The monoisotopic (exact) mass is 401 g/mol. The third kappa shape index (κ3) is 3.88. The molecule has 0 saturated heterocycles. The Morgan fingerprint density at radius 1 is 0.926 bits per heavy atom. The largest absolute Gasteiger partial charge is 0.326 e. The molecule has 2 aromatic rings. The van der Waals surface area contributed by atoms with Crippen LogP contribution >= 0.6 is 23.2 Å². The second kappa shape index (κ2) is 7.85. The van der Waals surface area contributed by atoms with Gasteiger partial charge in [0.25, 0.3) is 0 Å². The fourth-order valence-corrected chi connectivity index (χ4v) is 4.94. The molecule has 0 aliphatic heterocycles. The number of fused-ring (bicyclic) bond motifs is 1. The Kier molecular flexibility index (Phi) is 5.48. The lowest BCUT2D eigenvalue weighted by atomic mass is 9.74. The van der Waals surface area contributed by atoms with Crippen LogP contribution in [0.15, 0.2) is 36.4 Å². The number of halogens is 2. The van der Waals surface area contributed by atoms with Crippen molar-refractivity contribution in [3.63, 3.8) is 0 Å². The van der Waals surface area contributed by atoms with Gasteiger partial charge in [-0.15, -0.1) is 0 Å². The Bertz CT molecular complexity index is 857. The van der Waals surface area contributed by atoms with Gasteiger partial charge in [-0.05, 0) is 72.6 Å². The number of amides is 1. The summed E-state index contributed by atoms with van der Waals surface area (Å²) in [5.41, 5.74) is 4.81. The van der Waals surface area contributed by atoms with Gasteiger partial charge in [0.05, 0.1) is 10.0 Å². The molecular weight excluding hydrogens is 377 g/mol. The van der Waals surface area contributed by atoms with Gasteiger partial charge >= 0.3 is 0 Å². The average Bonchev–Trinajstić information content (AvgIpc) is 3.20. The molecule has 0 aromatic heterocycles. The number of nitrogens with one attached hydrogen (secondary N) is 1. The minimum absolute atomic E-state index is 0.178. The predicted octanol–water partition coefficient (Wildman–Crippen LogP) is 7.15. The van der Waals surface area contributed by atoms with E-state index in [1.807, 2.05) is 18.2 Å². The van der Waals surface area contributed by atoms with E-state index in [1.54, 1.807) is 0 Å². The minimum atomic E-state index is 0.178. The van der Waals surface area contributed by atoms with Crippen molar-refractivity contribution in [1.82, 2.24) is 0 Å². The van der Waals surface area contributed by atoms with Gasteiger partial charge in [-0.1, -0.05) is 55.1 Å². The van der Waals surface area contributed by atoms with Crippen LogP contribution in [0, 0.1) is 5.92 Å². The molecule has 142 valence electrons. The quantitative estimate of drug-likeness (QED) is 0.580. The molecule has 4 heteroatoms. The topological polar surface area (TPSA) is 29.1 Å². The Morgan fingerprint density at radius 2 is 1.70 bits per heavy atom. The van der Waals surface area contributed by atoms with Crippen LogP contribution in [0.25, 0.3) is 0 Å². The molecule has 0 bridgehead atoms. The van der Waals surface area contributed by atoms with E-state index in [2.05, 4.69) is 30.4 Å². The zero-order valence-corrected chi connectivity index (χ0v) is 17.1. The maximum atomic E-state index is 12.5. The number of carbonyl (C=O) groups excluding carboxylic acids is 1. The highest BCUT2D eigenvalue weighted by Gasteiger charge is 2.27. The summed E-state index contributed by atoms with van der Waals surface area (Å²) in [6.45, 7) is 2.27. The summed E-state index contributed by atoms with van der Waals surface area (Å²) >= 11 is 12.3. The normalized spacial score (nSPS) is 22.5. The van der Waals surface area contributed by atoms with E-state index < -0.39 is 0 Å². The van der Waals surface area contributed by atoms with Crippen LogP contribution in [0.4, 0.5) is 5.69 Å². The fourth-order valence-electron chi connectivity index (χ4n) is 4.63. The fraction of sp³-hybridized carbons (Fsp3) is 0.435. The number of anilines is 1. The van der Waals surface area contributed by atoms with Crippen LogP contribution in [-0.4, -0.2) is 5.91 Å². The van der Waals surface area contributed by atoms with Crippen LogP contribution in [0.3, 0.4) is 0 Å². The molecule has 1 N–H and O–H groups in total. The third-order valence-corrected chi connectivity index (χ3v) is 6.96. The molecule has 0 spiro atoms. The van der Waals surface area contributed by atoms with Crippen molar-refractivity contribution in [3.05, 3.63) is 63.1 Å². The maximum absolute atomic E-state index is 12.5. The van der Waals surface area contributed by atoms with Crippen LogP contribution in [-0.2, 0) is 4.79 Å². The van der Waals surface area contributed by atoms with Crippen molar-refractivity contribution < 1.29 is 4.79 Å². The summed E-state index contributed by atoms with van der Waals surface area (Å²) in [6.07, 6.45) is 6.60. The van der Waals surface area contributed by atoms with Gasteiger partial charge < -0.3 is 5.32 Å². The van der Waals surface area contributed by atoms with Gasteiger partial charge in [0.1, 0.15) is 0 Å². The third-order valence-electron chi connectivity index (χ3n) is 6.22. The summed E-state index contributed by atoms with van der Waals surface area (Å²) in [4.78, 5) is 12.5. The number of rotatable bonds is 3. The molecule has 1 amide bonds. The summed E-state index contributed by atoms with van der Waals surface area (Å²) in [6, 6.07) is 12.4. The molecule has 2 aliphatic rings. The van der Waals surface area contributed by atoms with E-state index in [0.29, 0.717) is 21.9 Å². The van der Waals surface area contributed by atoms with Crippen molar-refractivity contribution in [3.8, 4) is 0 Å². The number of carbonyl (C=O) groups is 1. The molecule has 1 saturated carbocycles. The summed E-state index contributed by atoms with van der Waals surface area (Å²) in [5.74, 6) is 1.17. The first-order chi connectivity index (χ1) is 13.0. The zero-order valence-electron chi connectivity index (χ0n) is 15.6. The van der Waals surface area contributed by atoms with Crippen molar-refractivity contribution in [2.45, 2.75) is 57.3 Å². The molecule has 2 aliphatic carbocycles. The SMILES string of the molecule is CC1CCC(c2ccc(Cl)c(Cl)c2)c2ccc(NC(=O)C3CCCC3)cc21. The van der Waals surface area contributed by atoms with Crippen LogP contribution < -0.4 is 5.32 Å². The molecular formula is C23H25Cl2NO. The van der Waals surface area contributed by atoms with E-state index in [4.69, 9.17) is 23.2 Å². The average molecular weight is 402 g/mol. The van der Waals surface area contributed by atoms with Gasteiger partial charge in [0, 0.05) is 17.5 Å². The predicted molar refractivity (Wildman–Crippen MR) is 113 cm³/mol. The summed E-state index contributed by atoms with van der Waals surface area (Å²) in [7, 11) is 0. The Morgan fingerprint density at radius 3 is 2.44 bits per heavy atom. The van der Waals surface area contributed by atoms with Crippen molar-refractivity contribution in [1.29, 1.82) is 0 Å². The highest BCUT2D eigenvalue weighted by Crippen LogP contribution is 2.44. The van der Waals surface area contributed by atoms with Gasteiger partial charge in [-0.3, -0.25) is 4.79 Å². The number of benzene rings is 2. The Balaban J connectivity index is 1.61. The van der Waals surface area contributed by atoms with E-state index in [0.717, 1.165) is 31.4 Å². The van der Waals surface area contributed by atoms with Crippen molar-refractivity contribution in [2.24, 2.45) is 5.92 Å². The minimum Gasteiger partial charge on any atom is -0.326 e.